The highest BCUT2D eigenvalue weighted by molar-refractivity contribution is 7.26. The lowest BCUT2D eigenvalue weighted by Gasteiger charge is -2.36. The Morgan fingerprint density at radius 2 is 1.72 bits per heavy atom. The first-order valence-electron chi connectivity index (χ1n) is 14.2. The molecule has 0 aliphatic heterocycles. The van der Waals surface area contributed by atoms with Gasteiger partial charge in [-0.25, -0.2) is 0 Å². The summed E-state index contributed by atoms with van der Waals surface area (Å²) in [6.45, 7) is 2.35. The van der Waals surface area contributed by atoms with Gasteiger partial charge in [-0.05, 0) is 78.1 Å². The third kappa shape index (κ3) is 4.53. The second-order valence-corrected chi connectivity index (χ2v) is 11.9. The van der Waals surface area contributed by atoms with Crippen molar-refractivity contribution >= 4 is 37.2 Å². The maximum Gasteiger partial charge on any atom is 0.0556 e. The lowest BCUT2D eigenvalue weighted by Crippen LogP contribution is -2.34. The van der Waals surface area contributed by atoms with Crippen LogP contribution in [-0.4, -0.2) is 6.04 Å². The lowest BCUT2D eigenvalue weighted by atomic mass is 9.85. The molecule has 7 rings (SSSR count). The Labute approximate surface area is 235 Å². The van der Waals surface area contributed by atoms with Crippen molar-refractivity contribution < 1.29 is 0 Å². The molecule has 3 aliphatic rings. The Balaban J connectivity index is 1.33. The van der Waals surface area contributed by atoms with E-state index in [1.165, 1.54) is 53.8 Å². The number of nitrogens with zero attached hydrogens (tertiary/aromatic N) is 1. The Morgan fingerprint density at radius 1 is 0.846 bits per heavy atom. The van der Waals surface area contributed by atoms with Crippen LogP contribution in [0.15, 0.2) is 138 Å². The highest BCUT2D eigenvalue weighted by Crippen LogP contribution is 2.42. The zero-order valence-electron chi connectivity index (χ0n) is 22.4. The largest absolute Gasteiger partial charge is 0.338 e. The van der Waals surface area contributed by atoms with Crippen LogP contribution >= 0.6 is 11.3 Å². The second-order valence-electron chi connectivity index (χ2n) is 10.8. The summed E-state index contributed by atoms with van der Waals surface area (Å²) in [6.07, 6.45) is 25.1. The van der Waals surface area contributed by atoms with Gasteiger partial charge >= 0.3 is 0 Å². The summed E-state index contributed by atoms with van der Waals surface area (Å²) in [4.78, 5) is 2.60. The second kappa shape index (κ2) is 10.4. The highest BCUT2D eigenvalue weighted by atomic mass is 32.1. The van der Waals surface area contributed by atoms with Gasteiger partial charge in [0.2, 0.25) is 0 Å². The van der Waals surface area contributed by atoms with Crippen molar-refractivity contribution in [2.45, 2.75) is 38.6 Å². The van der Waals surface area contributed by atoms with Crippen molar-refractivity contribution in [2.75, 3.05) is 4.90 Å². The minimum atomic E-state index is 0.314. The van der Waals surface area contributed by atoms with Gasteiger partial charge in [0.1, 0.15) is 0 Å². The molecule has 0 fully saturated rings. The molecule has 0 spiro atoms. The molecule has 1 aromatic heterocycles. The maximum absolute atomic E-state index is 2.60. The van der Waals surface area contributed by atoms with Crippen LogP contribution in [0.25, 0.3) is 31.3 Å². The Kier molecular flexibility index (Phi) is 6.42. The fourth-order valence-corrected chi connectivity index (χ4v) is 7.57. The van der Waals surface area contributed by atoms with E-state index < -0.39 is 0 Å². The molecule has 0 bridgehead atoms. The van der Waals surface area contributed by atoms with Gasteiger partial charge in [-0.15, -0.1) is 11.3 Å². The summed E-state index contributed by atoms with van der Waals surface area (Å²) in [5, 5.41) is 2.70. The number of fused-ring (bicyclic) bond motifs is 3. The van der Waals surface area contributed by atoms with Crippen molar-refractivity contribution in [1.29, 1.82) is 0 Å². The van der Waals surface area contributed by atoms with E-state index in [0.717, 1.165) is 25.7 Å². The molecule has 3 aliphatic carbocycles. The topological polar surface area (TPSA) is 3.24 Å². The van der Waals surface area contributed by atoms with Crippen molar-refractivity contribution in [2.24, 2.45) is 5.92 Å². The number of anilines is 1. The Bertz CT molecular complexity index is 1740. The van der Waals surface area contributed by atoms with Crippen LogP contribution in [0.2, 0.25) is 0 Å². The highest BCUT2D eigenvalue weighted by Gasteiger charge is 2.24. The minimum absolute atomic E-state index is 0.314. The summed E-state index contributed by atoms with van der Waals surface area (Å²) < 4.78 is 2.72. The number of thiophene rings is 1. The van der Waals surface area contributed by atoms with E-state index in [4.69, 9.17) is 0 Å². The zero-order valence-corrected chi connectivity index (χ0v) is 23.2. The molecule has 0 saturated heterocycles. The van der Waals surface area contributed by atoms with Crippen LogP contribution in [0, 0.1) is 5.92 Å². The third-order valence-corrected chi connectivity index (χ3v) is 9.51. The first-order valence-corrected chi connectivity index (χ1v) is 15.0. The molecular formula is C37H33NS. The van der Waals surface area contributed by atoms with Gasteiger partial charge in [0.05, 0.1) is 6.04 Å². The van der Waals surface area contributed by atoms with Gasteiger partial charge in [-0.1, -0.05) is 104 Å². The van der Waals surface area contributed by atoms with E-state index >= 15 is 0 Å². The summed E-state index contributed by atoms with van der Waals surface area (Å²) in [6, 6.07) is 25.1. The number of hydrogen-bond acceptors (Lipinski definition) is 2. The predicted octanol–water partition coefficient (Wildman–Crippen LogP) is 10.5. The minimum Gasteiger partial charge on any atom is -0.338 e. The molecular weight excluding hydrogens is 490 g/mol. The van der Waals surface area contributed by atoms with Crippen LogP contribution in [-0.2, 0) is 0 Å². The number of rotatable bonds is 5. The maximum atomic E-state index is 2.60. The molecule has 0 amide bonds. The van der Waals surface area contributed by atoms with Crippen molar-refractivity contribution in [3.63, 3.8) is 0 Å². The molecule has 2 atom stereocenters. The van der Waals surface area contributed by atoms with E-state index in [-0.39, 0.29) is 0 Å². The quantitative estimate of drug-likeness (QED) is 0.251. The van der Waals surface area contributed by atoms with Gasteiger partial charge in [0.15, 0.2) is 0 Å². The monoisotopic (exact) mass is 523 g/mol. The van der Waals surface area contributed by atoms with E-state index in [2.05, 4.69) is 133 Å². The summed E-state index contributed by atoms with van der Waals surface area (Å²) in [5.74, 6) is 0.563. The van der Waals surface area contributed by atoms with Crippen molar-refractivity contribution in [3.05, 3.63) is 138 Å². The lowest BCUT2D eigenvalue weighted by molar-refractivity contribution is 0.687. The van der Waals surface area contributed by atoms with Crippen LogP contribution in [0.1, 0.15) is 32.6 Å². The van der Waals surface area contributed by atoms with Crippen molar-refractivity contribution in [3.8, 4) is 11.1 Å². The number of hydrogen-bond donors (Lipinski definition) is 0. The first kappa shape index (κ1) is 24.2. The van der Waals surface area contributed by atoms with Gasteiger partial charge in [-0.3, -0.25) is 0 Å². The summed E-state index contributed by atoms with van der Waals surface area (Å²) >= 11 is 1.91. The van der Waals surface area contributed by atoms with E-state index in [1.54, 1.807) is 0 Å². The van der Waals surface area contributed by atoms with Crippen molar-refractivity contribution in [1.82, 2.24) is 0 Å². The van der Waals surface area contributed by atoms with E-state index in [1.807, 2.05) is 11.3 Å². The van der Waals surface area contributed by atoms with Gasteiger partial charge < -0.3 is 4.90 Å². The standard InChI is InChI=1S/C37H33NS/c1-26-12-5-6-19-32(26)27-13-9-17-30(24-27)38(29-15-3-2-4-16-29)31-18-10-14-28(25-31)33-21-11-22-35-34-20-7-8-23-36(34)39-37(33)35/h2-8,10-11,13-15,18-26,29H,9,12,16-17H2,1H3. The number of benzene rings is 3. The van der Waals surface area contributed by atoms with E-state index in [9.17, 15) is 0 Å². The smallest absolute Gasteiger partial charge is 0.0556 e. The van der Waals surface area contributed by atoms with Crippen LogP contribution in [0.4, 0.5) is 5.69 Å². The zero-order chi connectivity index (χ0) is 26.2. The van der Waals surface area contributed by atoms with Gasteiger partial charge in [-0.2, -0.15) is 0 Å². The Morgan fingerprint density at radius 3 is 2.62 bits per heavy atom. The van der Waals surface area contributed by atoms with E-state index in [0.29, 0.717) is 12.0 Å². The fourth-order valence-electron chi connectivity index (χ4n) is 6.33. The average Bonchev–Trinajstić information content (AvgIpc) is 3.37. The SMILES string of the molecule is CC1CC=CC=C1C1=CCCC(N(c2cccc(-c3cccc4c3sc3ccccc34)c2)C2C=CC=CC2)=C1. The summed E-state index contributed by atoms with van der Waals surface area (Å²) in [5.41, 5.74) is 8.16. The molecule has 2 heteroatoms. The Hall–Kier alpha value is -3.88. The molecule has 3 aromatic carbocycles. The first-order chi connectivity index (χ1) is 19.3. The molecule has 39 heavy (non-hydrogen) atoms. The van der Waals surface area contributed by atoms with Crippen LogP contribution < -0.4 is 4.90 Å². The molecule has 0 saturated carbocycles. The van der Waals surface area contributed by atoms with Crippen LogP contribution in [0.3, 0.4) is 0 Å². The molecule has 1 heterocycles. The average molecular weight is 524 g/mol. The molecule has 0 radical (unpaired) electrons. The normalized spacial score (nSPS) is 20.7. The van der Waals surface area contributed by atoms with Crippen LogP contribution in [0.5, 0.6) is 0 Å². The molecule has 0 N–H and O–H groups in total. The molecule has 1 nitrogen and oxygen atoms in total. The summed E-state index contributed by atoms with van der Waals surface area (Å²) in [7, 11) is 0. The number of allylic oxidation sites excluding steroid dienone is 10. The van der Waals surface area contributed by atoms with Gasteiger partial charge in [0, 0.05) is 31.6 Å². The third-order valence-electron chi connectivity index (χ3n) is 8.29. The molecule has 192 valence electrons. The fraction of sp³-hybridized carbons (Fsp3) is 0.189. The molecule has 2 unspecified atom stereocenters. The molecule has 4 aromatic rings. The van der Waals surface area contributed by atoms with Gasteiger partial charge in [0.25, 0.3) is 0 Å². The predicted molar refractivity (Wildman–Crippen MR) is 170 cm³/mol.